The van der Waals surface area contributed by atoms with E-state index in [-0.39, 0.29) is 4.42 Å². The Morgan fingerprint density at radius 2 is 1.78 bits per heavy atom. The molecule has 51 valence electrons. The number of hydrogen-bond acceptors (Lipinski definition) is 2. The summed E-state index contributed by atoms with van der Waals surface area (Å²) in [4.78, 5) is 19.7. The van der Waals surface area contributed by atoms with E-state index in [4.69, 9.17) is 10.2 Å². The first-order valence-electron chi connectivity index (χ1n) is 1.99. The van der Waals surface area contributed by atoms with Crippen LogP contribution in [0, 0.1) is 0 Å². The SMILES string of the molecule is O=C(O)C[C](=[Fe+])C(=O)O. The van der Waals surface area contributed by atoms with Gasteiger partial charge in [-0.1, -0.05) is 0 Å². The van der Waals surface area contributed by atoms with E-state index in [1.165, 1.54) is 0 Å². The number of aliphatic carboxylic acids is 2. The van der Waals surface area contributed by atoms with Crippen LogP contribution in [0.4, 0.5) is 0 Å². The van der Waals surface area contributed by atoms with Gasteiger partial charge in [0.25, 0.3) is 0 Å². The second kappa shape index (κ2) is 3.37. The van der Waals surface area contributed by atoms with Gasteiger partial charge >= 0.3 is 58.2 Å². The first-order chi connectivity index (χ1) is 4.04. The molecule has 0 aromatic rings. The Morgan fingerprint density at radius 3 is 1.89 bits per heavy atom. The van der Waals surface area contributed by atoms with Crippen LogP contribution in [0.5, 0.6) is 0 Å². The summed E-state index contributed by atoms with van der Waals surface area (Å²) in [6, 6.07) is 0. The van der Waals surface area contributed by atoms with Crippen LogP contribution in [0.2, 0.25) is 0 Å². The van der Waals surface area contributed by atoms with Crippen LogP contribution in [-0.4, -0.2) is 26.6 Å². The standard InChI is InChI=1S/C4H4O4.Fe/c5-3(6)1-2-4(7)8;/h1H2,(H,5,6)(H,7,8);/q;+1. The molecule has 2 N–H and O–H groups in total. The fourth-order valence-electron chi connectivity index (χ4n) is 0.205. The van der Waals surface area contributed by atoms with Crippen LogP contribution in [0.25, 0.3) is 0 Å². The van der Waals surface area contributed by atoms with Gasteiger partial charge in [-0.2, -0.15) is 0 Å². The average molecular weight is 172 g/mol. The van der Waals surface area contributed by atoms with E-state index in [1.54, 1.807) is 0 Å². The molecule has 0 atom stereocenters. The van der Waals surface area contributed by atoms with Gasteiger partial charge in [0, 0.05) is 0 Å². The number of hydrogen-bond donors (Lipinski definition) is 2. The van der Waals surface area contributed by atoms with E-state index in [2.05, 4.69) is 15.6 Å². The second-order valence-corrected chi connectivity index (χ2v) is 1.93. The van der Waals surface area contributed by atoms with Crippen molar-refractivity contribution in [1.29, 1.82) is 0 Å². The molecule has 5 heteroatoms. The Bertz CT molecular complexity index is 162. The second-order valence-electron chi connectivity index (χ2n) is 1.27. The van der Waals surface area contributed by atoms with E-state index in [1.807, 2.05) is 0 Å². The van der Waals surface area contributed by atoms with E-state index < -0.39 is 18.4 Å². The van der Waals surface area contributed by atoms with Crippen LogP contribution in [0.1, 0.15) is 6.42 Å². The van der Waals surface area contributed by atoms with E-state index in [0.717, 1.165) is 0 Å². The minimum absolute atomic E-state index is 0.303. The van der Waals surface area contributed by atoms with E-state index in [9.17, 15) is 9.59 Å². The molecule has 0 spiro atoms. The summed E-state index contributed by atoms with van der Waals surface area (Å²) < 4.78 is -0.303. The first-order valence-corrected chi connectivity index (χ1v) is 2.54. The molecular formula is C4H4FeO4+. The molecule has 0 amide bonds. The van der Waals surface area contributed by atoms with Gasteiger partial charge < -0.3 is 0 Å². The predicted molar refractivity (Wildman–Crippen MR) is 24.9 cm³/mol. The summed E-state index contributed by atoms with van der Waals surface area (Å²) in [5, 5.41) is 16.1. The number of carboxylic acid groups (broad SMARTS) is 2. The van der Waals surface area contributed by atoms with Crippen molar-refractivity contribution in [3.63, 3.8) is 0 Å². The zero-order chi connectivity index (χ0) is 7.44. The molecule has 0 unspecified atom stereocenters. The molecule has 0 bridgehead atoms. The van der Waals surface area contributed by atoms with Crippen molar-refractivity contribution in [3.05, 3.63) is 0 Å². The van der Waals surface area contributed by atoms with Crippen molar-refractivity contribution >= 4 is 16.4 Å². The molecule has 0 heterocycles. The normalized spacial score (nSPS) is 8.44. The molecule has 0 aromatic heterocycles. The molecule has 0 saturated heterocycles. The zero-order valence-corrected chi connectivity index (χ0v) is 5.38. The van der Waals surface area contributed by atoms with Gasteiger partial charge in [-0.15, -0.1) is 0 Å². The minimum atomic E-state index is -1.27. The maximum absolute atomic E-state index is 9.87. The Morgan fingerprint density at radius 1 is 1.33 bits per heavy atom. The van der Waals surface area contributed by atoms with Gasteiger partial charge in [-0.05, 0) is 0 Å². The van der Waals surface area contributed by atoms with Crippen molar-refractivity contribution in [2.75, 3.05) is 0 Å². The average Bonchev–Trinajstić information content (AvgIpc) is 1.63. The van der Waals surface area contributed by atoms with Gasteiger partial charge in [0.2, 0.25) is 0 Å². The fraction of sp³-hybridized carbons (Fsp3) is 0.250. The van der Waals surface area contributed by atoms with Crippen molar-refractivity contribution in [3.8, 4) is 0 Å². The Balaban J connectivity index is 3.79. The topological polar surface area (TPSA) is 74.6 Å². The Hall–Kier alpha value is -0.671. The van der Waals surface area contributed by atoms with E-state index in [0.29, 0.717) is 0 Å². The van der Waals surface area contributed by atoms with Crippen LogP contribution < -0.4 is 0 Å². The van der Waals surface area contributed by atoms with Gasteiger partial charge in [0.05, 0.1) is 0 Å². The number of rotatable bonds is 3. The number of carboxylic acids is 2. The summed E-state index contributed by atoms with van der Waals surface area (Å²) in [5.74, 6) is -2.44. The van der Waals surface area contributed by atoms with Gasteiger partial charge in [-0.3, -0.25) is 0 Å². The molecule has 9 heavy (non-hydrogen) atoms. The molecule has 0 saturated carbocycles. The van der Waals surface area contributed by atoms with Crippen LogP contribution in [0.3, 0.4) is 0 Å². The van der Waals surface area contributed by atoms with Crippen LogP contribution in [0.15, 0.2) is 0 Å². The summed E-state index contributed by atoms with van der Waals surface area (Å²) in [7, 11) is 0. The van der Waals surface area contributed by atoms with Crippen LogP contribution >= 0.6 is 0 Å². The summed E-state index contributed by atoms with van der Waals surface area (Å²) >= 11 is 3.01. The third-order valence-corrected chi connectivity index (χ3v) is 0.960. The zero-order valence-electron chi connectivity index (χ0n) is 4.27. The van der Waals surface area contributed by atoms with E-state index >= 15 is 0 Å². The fourth-order valence-corrected chi connectivity index (χ4v) is 0.372. The Kier molecular flexibility index (Phi) is 3.12. The molecule has 4 nitrogen and oxygen atoms in total. The molecular weight excluding hydrogens is 168 g/mol. The van der Waals surface area contributed by atoms with Crippen molar-refractivity contribution < 1.29 is 35.4 Å². The monoisotopic (exact) mass is 172 g/mol. The first kappa shape index (κ1) is 8.33. The molecule has 0 fully saturated rings. The molecule has 0 aliphatic carbocycles. The van der Waals surface area contributed by atoms with Crippen molar-refractivity contribution in [2.45, 2.75) is 6.42 Å². The van der Waals surface area contributed by atoms with Gasteiger partial charge in [0.15, 0.2) is 0 Å². The Labute approximate surface area is 58.8 Å². The maximum atomic E-state index is 9.87. The molecule has 0 radical (unpaired) electrons. The predicted octanol–water partition coefficient (Wildman–Crippen LogP) is -0.735. The molecule has 0 aromatic carbocycles. The molecule has 0 rings (SSSR count). The van der Waals surface area contributed by atoms with Gasteiger partial charge in [-0.25, -0.2) is 0 Å². The van der Waals surface area contributed by atoms with Gasteiger partial charge in [0.1, 0.15) is 0 Å². The van der Waals surface area contributed by atoms with Crippen LogP contribution in [-0.2, 0) is 25.2 Å². The quantitative estimate of drug-likeness (QED) is 0.550. The summed E-state index contributed by atoms with van der Waals surface area (Å²) in [5.41, 5.74) is 0. The summed E-state index contributed by atoms with van der Waals surface area (Å²) in [6.45, 7) is 0. The molecule has 0 aliphatic heterocycles. The molecule has 0 aliphatic rings. The third-order valence-electron chi connectivity index (χ3n) is 0.529. The van der Waals surface area contributed by atoms with Crippen molar-refractivity contribution in [2.24, 2.45) is 0 Å². The number of carbonyl (C=O) groups is 2. The third kappa shape index (κ3) is 3.88. The van der Waals surface area contributed by atoms with Crippen molar-refractivity contribution in [1.82, 2.24) is 0 Å². The summed E-state index contributed by atoms with van der Waals surface area (Å²) in [6.07, 6.45) is -0.505.